The van der Waals surface area contributed by atoms with Gasteiger partial charge in [-0.2, -0.15) is 9.61 Å². The van der Waals surface area contributed by atoms with Gasteiger partial charge in [-0.05, 0) is 49.3 Å². The summed E-state index contributed by atoms with van der Waals surface area (Å²) in [5.74, 6) is 1.07. The molecule has 1 saturated carbocycles. The van der Waals surface area contributed by atoms with Gasteiger partial charge in [-0.25, -0.2) is 4.98 Å². The first-order chi connectivity index (χ1) is 13.6. The van der Waals surface area contributed by atoms with Gasteiger partial charge >= 0.3 is 0 Å². The first-order valence-corrected chi connectivity index (χ1v) is 10.6. The highest BCUT2D eigenvalue weighted by molar-refractivity contribution is 6.43. The first-order valence-electron chi connectivity index (χ1n) is 9.87. The zero-order chi connectivity index (χ0) is 19.3. The zero-order valence-electron chi connectivity index (χ0n) is 15.6. The Morgan fingerprint density at radius 2 is 1.86 bits per heavy atom. The SMILES string of the molecule is NC1CCCC12CCN(c1ccc(-c3cccc(Cl)c3Cl)c3ncnn13)CC2. The van der Waals surface area contributed by atoms with Crippen LogP contribution in [-0.4, -0.2) is 33.7 Å². The van der Waals surface area contributed by atoms with Crippen LogP contribution < -0.4 is 10.6 Å². The minimum Gasteiger partial charge on any atom is -0.356 e. The van der Waals surface area contributed by atoms with Crippen molar-refractivity contribution in [1.82, 2.24) is 14.6 Å². The van der Waals surface area contributed by atoms with E-state index in [1.54, 1.807) is 12.4 Å². The number of anilines is 1. The summed E-state index contributed by atoms with van der Waals surface area (Å²) >= 11 is 12.7. The highest BCUT2D eigenvalue weighted by Gasteiger charge is 2.43. The van der Waals surface area contributed by atoms with Crippen molar-refractivity contribution in [3.8, 4) is 11.1 Å². The van der Waals surface area contributed by atoms with Crippen LogP contribution in [0.15, 0.2) is 36.7 Å². The van der Waals surface area contributed by atoms with Gasteiger partial charge in [0.2, 0.25) is 0 Å². The number of fused-ring (bicyclic) bond motifs is 1. The van der Waals surface area contributed by atoms with Gasteiger partial charge in [0, 0.05) is 30.3 Å². The molecular weight excluding hydrogens is 393 g/mol. The quantitative estimate of drug-likeness (QED) is 0.652. The molecular formula is C21H23Cl2N5. The Bertz CT molecular complexity index is 1020. The molecule has 2 N–H and O–H groups in total. The van der Waals surface area contributed by atoms with Crippen LogP contribution >= 0.6 is 23.2 Å². The fourth-order valence-electron chi connectivity index (χ4n) is 5.02. The average molecular weight is 416 g/mol. The molecule has 146 valence electrons. The predicted molar refractivity (Wildman–Crippen MR) is 114 cm³/mol. The lowest BCUT2D eigenvalue weighted by molar-refractivity contribution is 0.197. The van der Waals surface area contributed by atoms with Crippen LogP contribution in [-0.2, 0) is 0 Å². The minimum atomic E-state index is 0.340. The Morgan fingerprint density at radius 3 is 2.61 bits per heavy atom. The molecule has 1 aromatic carbocycles. The smallest absolute Gasteiger partial charge is 0.165 e. The van der Waals surface area contributed by atoms with E-state index in [1.165, 1.54) is 19.3 Å². The van der Waals surface area contributed by atoms with E-state index >= 15 is 0 Å². The Hall–Kier alpha value is -1.82. The first kappa shape index (κ1) is 18.2. The largest absolute Gasteiger partial charge is 0.356 e. The Morgan fingerprint density at radius 1 is 1.04 bits per heavy atom. The maximum absolute atomic E-state index is 6.45. The number of benzene rings is 1. The molecule has 0 amide bonds. The summed E-state index contributed by atoms with van der Waals surface area (Å²) in [4.78, 5) is 6.91. The Labute approximate surface area is 174 Å². The number of aromatic nitrogens is 3. The molecule has 2 aromatic heterocycles. The maximum atomic E-state index is 6.45. The number of hydrogen-bond acceptors (Lipinski definition) is 4. The van der Waals surface area contributed by atoms with E-state index in [-0.39, 0.29) is 0 Å². The summed E-state index contributed by atoms with van der Waals surface area (Å²) in [7, 11) is 0. The molecule has 1 aliphatic heterocycles. The molecule has 1 atom stereocenters. The normalized spacial score (nSPS) is 21.7. The summed E-state index contributed by atoms with van der Waals surface area (Å²) in [6.45, 7) is 2.00. The highest BCUT2D eigenvalue weighted by atomic mass is 35.5. The van der Waals surface area contributed by atoms with Crippen molar-refractivity contribution < 1.29 is 0 Å². The van der Waals surface area contributed by atoms with Gasteiger partial charge in [0.1, 0.15) is 12.1 Å². The number of halogens is 2. The van der Waals surface area contributed by atoms with E-state index in [0.29, 0.717) is 21.5 Å². The van der Waals surface area contributed by atoms with Gasteiger partial charge in [0.05, 0.1) is 10.0 Å². The highest BCUT2D eigenvalue weighted by Crippen LogP contribution is 2.46. The van der Waals surface area contributed by atoms with Gasteiger partial charge in [0.25, 0.3) is 0 Å². The van der Waals surface area contributed by atoms with Crippen LogP contribution in [0.2, 0.25) is 10.0 Å². The van der Waals surface area contributed by atoms with E-state index in [0.717, 1.165) is 48.5 Å². The standard InChI is InChI=1S/C21H23Cl2N5/c22-16-4-1-3-14(19(16)23)15-6-7-18(28-20(15)25-13-26-28)27-11-9-21(10-12-27)8-2-5-17(21)24/h1,3-4,6-7,13,17H,2,5,8-12,24H2. The van der Waals surface area contributed by atoms with Crippen LogP contribution in [0.4, 0.5) is 5.82 Å². The van der Waals surface area contributed by atoms with Crippen molar-refractivity contribution in [3.63, 3.8) is 0 Å². The fourth-order valence-corrected chi connectivity index (χ4v) is 5.43. The van der Waals surface area contributed by atoms with E-state index in [4.69, 9.17) is 28.9 Å². The third-order valence-electron chi connectivity index (χ3n) is 6.71. The van der Waals surface area contributed by atoms with Crippen molar-refractivity contribution in [1.29, 1.82) is 0 Å². The van der Waals surface area contributed by atoms with Gasteiger partial charge in [0.15, 0.2) is 5.65 Å². The summed E-state index contributed by atoms with van der Waals surface area (Å²) in [6, 6.07) is 10.2. The lowest BCUT2D eigenvalue weighted by atomic mass is 9.74. The van der Waals surface area contributed by atoms with E-state index < -0.39 is 0 Å². The van der Waals surface area contributed by atoms with Crippen molar-refractivity contribution in [3.05, 3.63) is 46.7 Å². The number of nitrogens with zero attached hydrogens (tertiary/aromatic N) is 4. The number of pyridine rings is 1. The lowest BCUT2D eigenvalue weighted by Crippen LogP contribution is -2.47. The van der Waals surface area contributed by atoms with Crippen LogP contribution in [0, 0.1) is 5.41 Å². The second kappa shape index (κ2) is 6.90. The summed E-state index contributed by atoms with van der Waals surface area (Å²) in [5.41, 5.74) is 9.37. The minimum absolute atomic E-state index is 0.340. The monoisotopic (exact) mass is 415 g/mol. The lowest BCUT2D eigenvalue weighted by Gasteiger charge is -2.42. The third kappa shape index (κ3) is 2.79. The maximum Gasteiger partial charge on any atom is 0.165 e. The van der Waals surface area contributed by atoms with Crippen molar-refractivity contribution in [2.24, 2.45) is 11.1 Å². The molecule has 1 unspecified atom stereocenters. The second-order valence-corrected chi connectivity index (χ2v) is 8.84. The molecule has 1 saturated heterocycles. The molecule has 2 aliphatic rings. The van der Waals surface area contributed by atoms with E-state index in [2.05, 4.69) is 27.1 Å². The summed E-state index contributed by atoms with van der Waals surface area (Å²) < 4.78 is 1.92. The van der Waals surface area contributed by atoms with Gasteiger partial charge in [-0.3, -0.25) is 0 Å². The average Bonchev–Trinajstić information content (AvgIpc) is 3.32. The van der Waals surface area contributed by atoms with Gasteiger partial charge < -0.3 is 10.6 Å². The number of hydrogen-bond donors (Lipinski definition) is 1. The molecule has 5 nitrogen and oxygen atoms in total. The van der Waals surface area contributed by atoms with Gasteiger partial charge in [-0.1, -0.05) is 41.8 Å². The van der Waals surface area contributed by atoms with Crippen LogP contribution in [0.1, 0.15) is 32.1 Å². The topological polar surface area (TPSA) is 59.5 Å². The van der Waals surface area contributed by atoms with Crippen LogP contribution in [0.5, 0.6) is 0 Å². The Balaban J connectivity index is 1.50. The molecule has 28 heavy (non-hydrogen) atoms. The number of rotatable bonds is 2. The van der Waals surface area contributed by atoms with Crippen molar-refractivity contribution in [2.75, 3.05) is 18.0 Å². The summed E-state index contributed by atoms with van der Waals surface area (Å²) in [5, 5.41) is 5.58. The number of piperidine rings is 1. The summed E-state index contributed by atoms with van der Waals surface area (Å²) in [6.07, 6.45) is 7.59. The van der Waals surface area contributed by atoms with E-state index in [9.17, 15) is 0 Å². The predicted octanol–water partition coefficient (Wildman–Crippen LogP) is 4.80. The molecule has 0 bridgehead atoms. The van der Waals surface area contributed by atoms with Crippen LogP contribution in [0.3, 0.4) is 0 Å². The Kier molecular flexibility index (Phi) is 4.49. The van der Waals surface area contributed by atoms with Crippen molar-refractivity contribution in [2.45, 2.75) is 38.1 Å². The van der Waals surface area contributed by atoms with E-state index in [1.807, 2.05) is 16.6 Å². The molecule has 2 fully saturated rings. The third-order valence-corrected chi connectivity index (χ3v) is 7.52. The molecule has 0 radical (unpaired) electrons. The molecule has 1 spiro atoms. The molecule has 7 heteroatoms. The van der Waals surface area contributed by atoms with Crippen molar-refractivity contribution >= 4 is 34.7 Å². The zero-order valence-corrected chi connectivity index (χ0v) is 17.1. The molecule has 3 heterocycles. The molecule has 3 aromatic rings. The second-order valence-electron chi connectivity index (χ2n) is 8.05. The molecule has 5 rings (SSSR count). The molecule has 1 aliphatic carbocycles. The van der Waals surface area contributed by atoms with Gasteiger partial charge in [-0.15, -0.1) is 0 Å². The van der Waals surface area contributed by atoms with Crippen LogP contribution in [0.25, 0.3) is 16.8 Å². The number of nitrogens with two attached hydrogens (primary N) is 1. The fraction of sp³-hybridized carbons (Fsp3) is 0.429.